The van der Waals surface area contributed by atoms with E-state index in [-0.39, 0.29) is 18.2 Å². The van der Waals surface area contributed by atoms with Gasteiger partial charge in [-0.3, -0.25) is 9.48 Å². The molecule has 5 rings (SSSR count). The Morgan fingerprint density at radius 3 is 2.93 bits per heavy atom. The van der Waals surface area contributed by atoms with Gasteiger partial charge < -0.3 is 9.47 Å². The van der Waals surface area contributed by atoms with Gasteiger partial charge in [0.2, 0.25) is 5.88 Å². The molecule has 3 aromatic rings. The Morgan fingerprint density at radius 2 is 2.17 bits per heavy atom. The molecule has 1 aliphatic heterocycles. The Balaban J connectivity index is 1.46. The molecule has 0 radical (unpaired) electrons. The molecule has 2 aliphatic rings. The summed E-state index contributed by atoms with van der Waals surface area (Å²) in [6.45, 7) is 2.80. The van der Waals surface area contributed by atoms with Crippen LogP contribution in [0.4, 0.5) is 0 Å². The second-order valence-corrected chi connectivity index (χ2v) is 8.44. The molecule has 0 aromatic carbocycles. The van der Waals surface area contributed by atoms with E-state index in [1.54, 1.807) is 4.68 Å². The molecule has 3 atom stereocenters. The van der Waals surface area contributed by atoms with Crippen LogP contribution < -0.4 is 4.74 Å². The molecule has 1 unspecified atom stereocenters. The average Bonchev–Trinajstić information content (AvgIpc) is 3.47. The normalized spacial score (nSPS) is 23.2. The minimum absolute atomic E-state index is 0.0123. The van der Waals surface area contributed by atoms with Crippen molar-refractivity contribution in [2.75, 3.05) is 6.61 Å². The fourth-order valence-electron chi connectivity index (χ4n) is 4.42. The summed E-state index contributed by atoms with van der Waals surface area (Å²) in [7, 11) is 1.89. The number of aromatic nitrogens is 5. The van der Waals surface area contributed by atoms with Crippen LogP contribution >= 0.6 is 0 Å². The van der Waals surface area contributed by atoms with Crippen LogP contribution in [-0.2, 0) is 16.6 Å². The smallest absolute Gasteiger partial charge is 0.225 e. The Bertz CT molecular complexity index is 1070. The summed E-state index contributed by atoms with van der Waals surface area (Å²) in [6.07, 6.45) is 11.0. The number of carbonyl (C=O) groups is 1. The quantitative estimate of drug-likeness (QED) is 0.639. The maximum Gasteiger partial charge on any atom is 0.225 e. The fraction of sp³-hybridized carbons (Fsp3) is 0.545. The second kappa shape index (κ2) is 7.83. The van der Waals surface area contributed by atoms with E-state index in [0.29, 0.717) is 24.5 Å². The number of rotatable bonds is 5. The van der Waals surface area contributed by atoms with Gasteiger partial charge in [-0.2, -0.15) is 10.2 Å². The zero-order valence-electron chi connectivity index (χ0n) is 17.5. The van der Waals surface area contributed by atoms with E-state index < -0.39 is 0 Å². The number of hydrogen-bond acceptors (Lipinski definition) is 6. The third kappa shape index (κ3) is 3.71. The van der Waals surface area contributed by atoms with Crippen molar-refractivity contribution in [2.24, 2.45) is 13.0 Å². The zero-order chi connectivity index (χ0) is 20.7. The van der Waals surface area contributed by atoms with E-state index in [1.807, 2.05) is 43.3 Å². The fourth-order valence-corrected chi connectivity index (χ4v) is 4.42. The molecule has 158 valence electrons. The molecular weight excluding hydrogens is 382 g/mol. The minimum atomic E-state index is -0.0824. The lowest BCUT2D eigenvalue weighted by molar-refractivity contribution is -0.117. The van der Waals surface area contributed by atoms with E-state index in [1.165, 1.54) is 0 Å². The van der Waals surface area contributed by atoms with E-state index in [9.17, 15) is 4.79 Å². The van der Waals surface area contributed by atoms with Gasteiger partial charge in [-0.25, -0.2) is 9.67 Å². The Hall–Kier alpha value is -2.74. The van der Waals surface area contributed by atoms with Crippen LogP contribution in [0, 0.1) is 5.92 Å². The first-order valence-electron chi connectivity index (χ1n) is 10.8. The van der Waals surface area contributed by atoms with E-state index >= 15 is 0 Å². The summed E-state index contributed by atoms with van der Waals surface area (Å²) in [6, 6.07) is 1.97. The largest absolute Gasteiger partial charge is 0.474 e. The number of fused-ring (bicyclic) bond motifs is 1. The lowest BCUT2D eigenvalue weighted by atomic mass is 10.0. The van der Waals surface area contributed by atoms with Crippen LogP contribution in [0.15, 0.2) is 24.7 Å². The van der Waals surface area contributed by atoms with Crippen molar-refractivity contribution >= 4 is 16.7 Å². The van der Waals surface area contributed by atoms with Crippen LogP contribution in [0.1, 0.15) is 51.7 Å². The molecule has 2 fully saturated rings. The molecule has 0 bridgehead atoms. The Kier molecular flexibility index (Phi) is 5.02. The Labute approximate surface area is 175 Å². The van der Waals surface area contributed by atoms with Crippen molar-refractivity contribution in [3.63, 3.8) is 0 Å². The molecule has 1 saturated carbocycles. The average molecular weight is 409 g/mol. The summed E-state index contributed by atoms with van der Waals surface area (Å²) in [5.74, 6) is 1.12. The van der Waals surface area contributed by atoms with Crippen molar-refractivity contribution in [2.45, 2.75) is 57.8 Å². The summed E-state index contributed by atoms with van der Waals surface area (Å²) in [4.78, 5) is 16.5. The predicted molar refractivity (Wildman–Crippen MR) is 111 cm³/mol. The number of pyridine rings is 1. The molecular formula is C22H27N5O3. The molecule has 1 saturated heterocycles. The van der Waals surface area contributed by atoms with Gasteiger partial charge in [-0.05, 0) is 38.7 Å². The molecule has 1 aliphatic carbocycles. The zero-order valence-corrected chi connectivity index (χ0v) is 17.5. The van der Waals surface area contributed by atoms with Crippen LogP contribution in [0.2, 0.25) is 0 Å². The van der Waals surface area contributed by atoms with Gasteiger partial charge in [0.25, 0.3) is 0 Å². The van der Waals surface area contributed by atoms with Crippen LogP contribution in [-0.4, -0.2) is 43.0 Å². The molecule has 8 heteroatoms. The molecule has 8 nitrogen and oxygen atoms in total. The predicted octanol–water partition coefficient (Wildman–Crippen LogP) is 3.67. The molecule has 30 heavy (non-hydrogen) atoms. The van der Waals surface area contributed by atoms with Crippen molar-refractivity contribution in [1.29, 1.82) is 0 Å². The summed E-state index contributed by atoms with van der Waals surface area (Å²) < 4.78 is 15.8. The van der Waals surface area contributed by atoms with Crippen molar-refractivity contribution in [3.8, 4) is 17.1 Å². The number of hydrogen-bond donors (Lipinski definition) is 0. The molecule has 3 aromatic heterocycles. The van der Waals surface area contributed by atoms with Crippen LogP contribution in [0.5, 0.6) is 5.88 Å². The molecule has 4 heterocycles. The molecule has 0 N–H and O–H groups in total. The molecule has 0 amide bonds. The monoisotopic (exact) mass is 409 g/mol. The van der Waals surface area contributed by atoms with Crippen molar-refractivity contribution in [3.05, 3.63) is 24.7 Å². The summed E-state index contributed by atoms with van der Waals surface area (Å²) in [5, 5.41) is 9.95. The van der Waals surface area contributed by atoms with Gasteiger partial charge in [0.05, 0.1) is 22.8 Å². The van der Waals surface area contributed by atoms with Gasteiger partial charge in [-0.1, -0.05) is 0 Å². The van der Waals surface area contributed by atoms with Crippen molar-refractivity contribution < 1.29 is 14.3 Å². The number of carbonyl (C=O) groups excluding carboxylic acids is 1. The van der Waals surface area contributed by atoms with Crippen LogP contribution in [0.3, 0.4) is 0 Å². The first kappa shape index (κ1) is 19.2. The summed E-state index contributed by atoms with van der Waals surface area (Å²) in [5.41, 5.74) is 2.51. The number of nitrogens with zero attached hydrogens (tertiary/aromatic N) is 5. The van der Waals surface area contributed by atoms with Crippen molar-refractivity contribution in [1.82, 2.24) is 24.5 Å². The van der Waals surface area contributed by atoms with Crippen LogP contribution in [0.25, 0.3) is 22.2 Å². The number of aryl methyl sites for hydroxylation is 1. The maximum atomic E-state index is 11.7. The topological polar surface area (TPSA) is 84.1 Å². The van der Waals surface area contributed by atoms with Gasteiger partial charge in [0, 0.05) is 50.4 Å². The van der Waals surface area contributed by atoms with E-state index in [0.717, 1.165) is 54.5 Å². The lowest BCUT2D eigenvalue weighted by Crippen LogP contribution is -2.22. The van der Waals surface area contributed by atoms with E-state index in [4.69, 9.17) is 14.5 Å². The first-order chi connectivity index (χ1) is 14.6. The standard InChI is InChI=1S/C22H27N5O3/c1-14(15-6-7-17(28)9-15)30-22-18-13-26(2)25-20(18)10-19(24-22)16-11-23-27(12-16)21-5-3-4-8-29-21/h10-15,21H,3-9H2,1-2H3/t14-,15+,21?/m1/s1. The second-order valence-electron chi connectivity index (χ2n) is 8.44. The Morgan fingerprint density at radius 1 is 1.27 bits per heavy atom. The van der Waals surface area contributed by atoms with Gasteiger partial charge in [-0.15, -0.1) is 0 Å². The third-order valence-electron chi connectivity index (χ3n) is 6.18. The highest BCUT2D eigenvalue weighted by molar-refractivity contribution is 5.86. The number of ketones is 1. The minimum Gasteiger partial charge on any atom is -0.474 e. The number of ether oxygens (including phenoxy) is 2. The summed E-state index contributed by atoms with van der Waals surface area (Å²) >= 11 is 0. The van der Waals surface area contributed by atoms with Gasteiger partial charge in [0.15, 0.2) is 0 Å². The van der Waals surface area contributed by atoms with E-state index in [2.05, 4.69) is 10.2 Å². The van der Waals surface area contributed by atoms with Gasteiger partial charge in [0.1, 0.15) is 18.1 Å². The number of Topliss-reactive ketones (excluding diaryl/α,β-unsaturated/α-hetero) is 1. The third-order valence-corrected chi connectivity index (χ3v) is 6.18. The highest BCUT2D eigenvalue weighted by Gasteiger charge is 2.29. The molecule has 0 spiro atoms. The van der Waals surface area contributed by atoms with Gasteiger partial charge >= 0.3 is 0 Å². The first-order valence-corrected chi connectivity index (χ1v) is 10.8. The SMILES string of the molecule is C[C@@H](Oc1nc(-c2cnn(C3CCCCO3)c2)cc2nn(C)cc12)[C@H]1CCC(=O)C1. The highest BCUT2D eigenvalue weighted by atomic mass is 16.5. The highest BCUT2D eigenvalue weighted by Crippen LogP contribution is 2.33. The maximum absolute atomic E-state index is 11.7. The lowest BCUT2D eigenvalue weighted by Gasteiger charge is -2.22.